The highest BCUT2D eigenvalue weighted by atomic mass is 16.5. The lowest BCUT2D eigenvalue weighted by atomic mass is 9.98. The summed E-state index contributed by atoms with van der Waals surface area (Å²) in [5.41, 5.74) is 2.91. The van der Waals surface area contributed by atoms with Crippen molar-refractivity contribution >= 4 is 18.0 Å². The van der Waals surface area contributed by atoms with Crippen LogP contribution in [-0.4, -0.2) is 56.4 Å². The first kappa shape index (κ1) is 22.0. The van der Waals surface area contributed by atoms with E-state index in [0.717, 1.165) is 23.1 Å². The Hall–Kier alpha value is -3.68. The molecule has 8 heteroatoms. The number of ether oxygens (including phenoxy) is 4. The third kappa shape index (κ3) is 5.28. The molecule has 1 aliphatic heterocycles. The zero-order valence-electron chi connectivity index (χ0n) is 17.7. The van der Waals surface area contributed by atoms with Crippen molar-refractivity contribution in [2.45, 2.75) is 13.0 Å². The van der Waals surface area contributed by atoms with E-state index in [-0.39, 0.29) is 5.91 Å². The van der Waals surface area contributed by atoms with Crippen LogP contribution in [0.5, 0.6) is 23.0 Å². The molecule has 1 heterocycles. The van der Waals surface area contributed by atoms with Gasteiger partial charge in [-0.25, -0.2) is 4.79 Å². The molecule has 0 saturated heterocycles. The van der Waals surface area contributed by atoms with Gasteiger partial charge in [0.1, 0.15) is 0 Å². The van der Waals surface area contributed by atoms with Crippen LogP contribution in [0.1, 0.15) is 16.7 Å². The second kappa shape index (κ2) is 9.88. The molecule has 3 rings (SSSR count). The minimum Gasteiger partial charge on any atom is -0.493 e. The van der Waals surface area contributed by atoms with Gasteiger partial charge in [-0.1, -0.05) is 6.07 Å². The van der Waals surface area contributed by atoms with Crippen LogP contribution in [0.2, 0.25) is 0 Å². The Labute approximate surface area is 180 Å². The van der Waals surface area contributed by atoms with Gasteiger partial charge >= 0.3 is 5.97 Å². The lowest BCUT2D eigenvalue weighted by Gasteiger charge is -2.28. The molecule has 0 saturated carbocycles. The van der Waals surface area contributed by atoms with E-state index in [2.05, 4.69) is 0 Å². The van der Waals surface area contributed by atoms with E-state index in [1.165, 1.54) is 13.2 Å². The first-order valence-electron chi connectivity index (χ1n) is 9.68. The Morgan fingerprint density at radius 2 is 1.61 bits per heavy atom. The molecule has 0 aliphatic carbocycles. The summed E-state index contributed by atoms with van der Waals surface area (Å²) in [6.07, 6.45) is 3.94. The van der Waals surface area contributed by atoms with Crippen LogP contribution < -0.4 is 18.9 Å². The minimum atomic E-state index is -1.07. The van der Waals surface area contributed by atoms with Crippen LogP contribution in [0.3, 0.4) is 0 Å². The molecule has 0 aromatic heterocycles. The summed E-state index contributed by atoms with van der Waals surface area (Å²) < 4.78 is 21.2. The number of carbonyl (C=O) groups excluding carboxylic acids is 1. The number of carboxylic acids is 1. The van der Waals surface area contributed by atoms with Crippen molar-refractivity contribution in [3.05, 3.63) is 53.1 Å². The monoisotopic (exact) mass is 427 g/mol. The molecule has 1 N–H and O–H groups in total. The highest BCUT2D eigenvalue weighted by Crippen LogP contribution is 2.33. The molecule has 2 aromatic rings. The lowest BCUT2D eigenvalue weighted by molar-refractivity contribution is -0.139. The van der Waals surface area contributed by atoms with Gasteiger partial charge < -0.3 is 29.0 Å². The third-order valence-electron chi connectivity index (χ3n) is 4.99. The molecule has 0 fully saturated rings. The second-order valence-electron chi connectivity index (χ2n) is 6.91. The fourth-order valence-electron chi connectivity index (χ4n) is 3.39. The van der Waals surface area contributed by atoms with E-state index in [4.69, 9.17) is 24.1 Å². The van der Waals surface area contributed by atoms with Crippen molar-refractivity contribution < 1.29 is 33.6 Å². The maximum atomic E-state index is 12.7. The molecule has 2 aromatic carbocycles. The number of aliphatic carboxylic acids is 1. The number of nitrogens with zero attached hydrogens (tertiary/aromatic N) is 1. The summed E-state index contributed by atoms with van der Waals surface area (Å²) in [7, 11) is 4.66. The number of rotatable bonds is 8. The molecule has 0 spiro atoms. The molecular formula is C23H25NO7. The summed E-state index contributed by atoms with van der Waals surface area (Å²) in [6, 6.07) is 8.91. The van der Waals surface area contributed by atoms with E-state index >= 15 is 0 Å². The molecule has 1 amide bonds. The minimum absolute atomic E-state index is 0.106. The van der Waals surface area contributed by atoms with E-state index in [1.807, 2.05) is 12.1 Å². The average Bonchev–Trinajstić information content (AvgIpc) is 2.79. The zero-order chi connectivity index (χ0) is 22.4. The van der Waals surface area contributed by atoms with Gasteiger partial charge in [-0.15, -0.1) is 0 Å². The van der Waals surface area contributed by atoms with Gasteiger partial charge in [-0.3, -0.25) is 4.79 Å². The predicted octanol–water partition coefficient (Wildman–Crippen LogP) is 2.77. The first-order valence-corrected chi connectivity index (χ1v) is 9.68. The smallest absolute Gasteiger partial charge is 0.341 e. The first-order chi connectivity index (χ1) is 14.9. The molecule has 1 aliphatic rings. The molecular weight excluding hydrogens is 402 g/mol. The van der Waals surface area contributed by atoms with Crippen LogP contribution in [0.25, 0.3) is 6.08 Å². The molecule has 0 bridgehead atoms. The molecule has 0 atom stereocenters. The van der Waals surface area contributed by atoms with Crippen LogP contribution in [0, 0.1) is 0 Å². The van der Waals surface area contributed by atoms with Gasteiger partial charge in [-0.2, -0.15) is 0 Å². The number of fused-ring (bicyclic) bond motifs is 1. The topological polar surface area (TPSA) is 94.5 Å². The summed E-state index contributed by atoms with van der Waals surface area (Å²) >= 11 is 0. The predicted molar refractivity (Wildman–Crippen MR) is 114 cm³/mol. The zero-order valence-corrected chi connectivity index (χ0v) is 17.7. The van der Waals surface area contributed by atoms with E-state index in [0.29, 0.717) is 36.1 Å². The lowest BCUT2D eigenvalue weighted by Crippen LogP contribution is -2.34. The number of hydrogen-bond donors (Lipinski definition) is 1. The Morgan fingerprint density at radius 1 is 0.968 bits per heavy atom. The number of amides is 1. The summed E-state index contributed by atoms with van der Waals surface area (Å²) in [5.74, 6) is 0.865. The maximum Gasteiger partial charge on any atom is 0.341 e. The Kier molecular flexibility index (Phi) is 7.02. The highest BCUT2D eigenvalue weighted by Gasteiger charge is 2.21. The average molecular weight is 427 g/mol. The van der Waals surface area contributed by atoms with Crippen LogP contribution in [0.4, 0.5) is 0 Å². The largest absolute Gasteiger partial charge is 0.493 e. The fourth-order valence-corrected chi connectivity index (χ4v) is 3.39. The summed E-state index contributed by atoms with van der Waals surface area (Å²) in [5, 5.41) is 8.75. The SMILES string of the molecule is COc1cc2c(cc1OC)CN(C(=O)C=Cc1ccc(OCC(=O)O)c(OC)c1)CC2. The molecule has 0 unspecified atom stereocenters. The van der Waals surface area contributed by atoms with Crippen LogP contribution in [0.15, 0.2) is 36.4 Å². The van der Waals surface area contributed by atoms with Crippen molar-refractivity contribution in [2.75, 3.05) is 34.5 Å². The number of benzene rings is 2. The van der Waals surface area contributed by atoms with Gasteiger partial charge in [0.25, 0.3) is 0 Å². The van der Waals surface area contributed by atoms with E-state index in [1.54, 1.807) is 43.4 Å². The Morgan fingerprint density at radius 3 is 2.26 bits per heavy atom. The fraction of sp³-hybridized carbons (Fsp3) is 0.304. The normalized spacial score (nSPS) is 12.9. The molecule has 0 radical (unpaired) electrons. The van der Waals surface area contributed by atoms with Gasteiger partial charge in [0.05, 0.1) is 21.3 Å². The maximum absolute atomic E-state index is 12.7. The second-order valence-corrected chi connectivity index (χ2v) is 6.91. The van der Waals surface area contributed by atoms with Crippen molar-refractivity contribution in [1.82, 2.24) is 4.90 Å². The van der Waals surface area contributed by atoms with Gasteiger partial charge in [0, 0.05) is 19.2 Å². The molecule has 31 heavy (non-hydrogen) atoms. The Bertz CT molecular complexity index is 1000. The third-order valence-corrected chi connectivity index (χ3v) is 4.99. The number of carbonyl (C=O) groups is 2. The Balaban J connectivity index is 1.70. The van der Waals surface area contributed by atoms with Crippen molar-refractivity contribution in [1.29, 1.82) is 0 Å². The highest BCUT2D eigenvalue weighted by molar-refractivity contribution is 5.92. The van der Waals surface area contributed by atoms with Crippen LogP contribution in [-0.2, 0) is 22.6 Å². The van der Waals surface area contributed by atoms with Crippen molar-refractivity contribution in [3.8, 4) is 23.0 Å². The molecule has 164 valence electrons. The number of hydrogen-bond acceptors (Lipinski definition) is 6. The van der Waals surface area contributed by atoms with Gasteiger partial charge in [-0.05, 0) is 53.5 Å². The van der Waals surface area contributed by atoms with E-state index < -0.39 is 12.6 Å². The van der Waals surface area contributed by atoms with Gasteiger partial charge in [0.15, 0.2) is 29.6 Å². The van der Waals surface area contributed by atoms with Crippen LogP contribution >= 0.6 is 0 Å². The van der Waals surface area contributed by atoms with E-state index in [9.17, 15) is 9.59 Å². The number of carboxylic acid groups (broad SMARTS) is 1. The molecule has 8 nitrogen and oxygen atoms in total. The quantitative estimate of drug-likeness (QED) is 0.648. The summed E-state index contributed by atoms with van der Waals surface area (Å²) in [4.78, 5) is 25.2. The van der Waals surface area contributed by atoms with Gasteiger partial charge in [0.2, 0.25) is 5.91 Å². The van der Waals surface area contributed by atoms with Crippen molar-refractivity contribution in [2.24, 2.45) is 0 Å². The van der Waals surface area contributed by atoms with Crippen molar-refractivity contribution in [3.63, 3.8) is 0 Å². The number of methoxy groups -OCH3 is 3. The standard InChI is InChI=1S/C23H25NO7/c1-28-19-10-15(4-6-18(19)31-14-23(26)27)5-7-22(25)24-9-8-16-11-20(29-2)21(30-3)12-17(16)13-24/h4-7,10-12H,8-9,13-14H2,1-3H3,(H,26,27). The summed E-state index contributed by atoms with van der Waals surface area (Å²) in [6.45, 7) is 0.637.